The lowest BCUT2D eigenvalue weighted by Gasteiger charge is -2.45. The van der Waals surface area contributed by atoms with Crippen LogP contribution in [0, 0.1) is 0 Å². The number of aliphatic hydroxyl groups is 1. The Kier molecular flexibility index (Phi) is 5.59. The molecule has 2 unspecified atom stereocenters. The van der Waals surface area contributed by atoms with Crippen LogP contribution in [0.1, 0.15) is 17.2 Å². The van der Waals surface area contributed by atoms with Crippen LogP contribution in [0.2, 0.25) is 0 Å². The van der Waals surface area contributed by atoms with Gasteiger partial charge in [0.05, 0.1) is 14.2 Å². The Morgan fingerprint density at radius 2 is 1.57 bits per heavy atom. The van der Waals surface area contributed by atoms with Crippen LogP contribution in [0.3, 0.4) is 0 Å². The van der Waals surface area contributed by atoms with Gasteiger partial charge in [-0.1, -0.05) is 30.3 Å². The number of carbonyl (C=O) groups is 1. The summed E-state index contributed by atoms with van der Waals surface area (Å²) in [5.41, 5.74) is 2.42. The van der Waals surface area contributed by atoms with E-state index in [1.54, 1.807) is 55.5 Å². The Bertz CT molecular complexity index is 1020. The van der Waals surface area contributed by atoms with Gasteiger partial charge in [0.1, 0.15) is 29.9 Å². The van der Waals surface area contributed by atoms with Crippen molar-refractivity contribution in [2.45, 2.75) is 18.8 Å². The van der Waals surface area contributed by atoms with Crippen LogP contribution in [0.25, 0.3) is 0 Å². The van der Waals surface area contributed by atoms with Crippen LogP contribution in [0.4, 0.5) is 5.69 Å². The zero-order chi connectivity index (χ0) is 21.1. The van der Waals surface area contributed by atoms with Gasteiger partial charge in [0.25, 0.3) is 5.91 Å². The average Bonchev–Trinajstić information content (AvgIpc) is 2.81. The molecule has 154 valence electrons. The number of hydrogen-bond donors (Lipinski definition) is 1. The third-order valence-electron chi connectivity index (χ3n) is 5.19. The van der Waals surface area contributed by atoms with Crippen molar-refractivity contribution in [1.29, 1.82) is 0 Å². The number of hydrogen-bond acceptors (Lipinski definition) is 5. The first kappa shape index (κ1) is 19.8. The fraction of sp³-hybridized carbons (Fsp3) is 0.208. The van der Waals surface area contributed by atoms with Crippen LogP contribution in [-0.4, -0.2) is 31.3 Å². The number of anilines is 1. The number of ether oxygens (including phenoxy) is 3. The fourth-order valence-electron chi connectivity index (χ4n) is 3.56. The van der Waals surface area contributed by atoms with Gasteiger partial charge in [-0.05, 0) is 42.0 Å². The van der Waals surface area contributed by atoms with E-state index in [2.05, 4.69) is 0 Å². The number of benzene rings is 3. The lowest BCUT2D eigenvalue weighted by atomic mass is 9.89. The molecule has 0 bridgehead atoms. The second-order valence-corrected chi connectivity index (χ2v) is 6.97. The molecule has 3 aromatic rings. The molecule has 1 amide bonds. The molecule has 0 radical (unpaired) electrons. The minimum absolute atomic E-state index is 0.352. The predicted octanol–water partition coefficient (Wildman–Crippen LogP) is 3.73. The lowest BCUT2D eigenvalue weighted by Crippen LogP contribution is -2.59. The van der Waals surface area contributed by atoms with Gasteiger partial charge < -0.3 is 19.3 Å². The molecular formula is C24H23NO5. The van der Waals surface area contributed by atoms with E-state index in [1.165, 1.54) is 0 Å². The highest BCUT2D eigenvalue weighted by molar-refractivity contribution is 6.05. The van der Waals surface area contributed by atoms with Crippen LogP contribution in [0.15, 0.2) is 72.8 Å². The topological polar surface area (TPSA) is 68.2 Å². The maximum Gasteiger partial charge on any atom is 0.259 e. The Morgan fingerprint density at radius 3 is 2.23 bits per heavy atom. The van der Waals surface area contributed by atoms with Crippen LogP contribution < -0.4 is 19.1 Å². The normalized spacial score (nSPS) is 18.0. The summed E-state index contributed by atoms with van der Waals surface area (Å²) >= 11 is 0. The average molecular weight is 405 g/mol. The van der Waals surface area contributed by atoms with E-state index in [1.807, 2.05) is 36.4 Å². The maximum atomic E-state index is 12.5. The van der Waals surface area contributed by atoms with Crippen molar-refractivity contribution < 1.29 is 24.1 Å². The molecular weight excluding hydrogens is 382 g/mol. The van der Waals surface area contributed by atoms with E-state index in [-0.39, 0.29) is 5.91 Å². The standard InChI is InChI=1S/C24H23NO5/c1-28-18-10-8-17(9-11-18)25-22(23(26)24(25)27)20-13-12-19(29-2)14-21(20)30-15-16-6-4-3-5-7-16/h3-14,22-23,26H,15H2,1-2H3. The van der Waals surface area contributed by atoms with Gasteiger partial charge in [-0.3, -0.25) is 9.69 Å². The molecule has 30 heavy (non-hydrogen) atoms. The molecule has 1 heterocycles. The van der Waals surface area contributed by atoms with Crippen molar-refractivity contribution >= 4 is 11.6 Å². The summed E-state index contributed by atoms with van der Waals surface area (Å²) in [6, 6.07) is 21.8. The Hall–Kier alpha value is -3.51. The molecule has 1 saturated heterocycles. The van der Waals surface area contributed by atoms with Crippen LogP contribution in [0.5, 0.6) is 17.2 Å². The smallest absolute Gasteiger partial charge is 0.259 e. The molecule has 0 saturated carbocycles. The highest BCUT2D eigenvalue weighted by Gasteiger charge is 2.49. The predicted molar refractivity (Wildman–Crippen MR) is 113 cm³/mol. The largest absolute Gasteiger partial charge is 0.497 e. The van der Waals surface area contributed by atoms with Crippen molar-refractivity contribution in [3.05, 3.63) is 83.9 Å². The number of β-lactam (4-membered cyclic amide) rings is 1. The first-order valence-electron chi connectivity index (χ1n) is 9.62. The monoisotopic (exact) mass is 405 g/mol. The summed E-state index contributed by atoms with van der Waals surface area (Å²) in [6.45, 7) is 0.361. The zero-order valence-electron chi connectivity index (χ0n) is 16.8. The molecule has 2 atom stereocenters. The van der Waals surface area contributed by atoms with Crippen molar-refractivity contribution in [2.75, 3.05) is 19.1 Å². The molecule has 1 aliphatic rings. The highest BCUT2D eigenvalue weighted by Crippen LogP contribution is 2.44. The Morgan fingerprint density at radius 1 is 0.900 bits per heavy atom. The molecule has 6 nitrogen and oxygen atoms in total. The van der Waals surface area contributed by atoms with Crippen molar-refractivity contribution in [1.82, 2.24) is 0 Å². The SMILES string of the molecule is COc1ccc(N2C(=O)C(O)C2c2ccc(OC)cc2OCc2ccccc2)cc1. The second kappa shape index (κ2) is 8.47. The van der Waals surface area contributed by atoms with Crippen molar-refractivity contribution in [3.8, 4) is 17.2 Å². The molecule has 0 spiro atoms. The summed E-state index contributed by atoms with van der Waals surface area (Å²) in [5, 5.41) is 10.5. The van der Waals surface area contributed by atoms with Crippen LogP contribution >= 0.6 is 0 Å². The third kappa shape index (κ3) is 3.69. The third-order valence-corrected chi connectivity index (χ3v) is 5.19. The number of methoxy groups -OCH3 is 2. The fourth-order valence-corrected chi connectivity index (χ4v) is 3.56. The van der Waals surface area contributed by atoms with Crippen LogP contribution in [-0.2, 0) is 11.4 Å². The number of aliphatic hydroxyl groups excluding tert-OH is 1. The van der Waals surface area contributed by atoms with E-state index in [9.17, 15) is 9.90 Å². The molecule has 0 aliphatic carbocycles. The second-order valence-electron chi connectivity index (χ2n) is 6.97. The van der Waals surface area contributed by atoms with E-state index < -0.39 is 12.1 Å². The molecule has 4 rings (SSSR count). The summed E-state index contributed by atoms with van der Waals surface area (Å²) in [7, 11) is 3.17. The molecule has 1 aliphatic heterocycles. The zero-order valence-corrected chi connectivity index (χ0v) is 16.8. The van der Waals surface area contributed by atoms with Crippen molar-refractivity contribution in [3.63, 3.8) is 0 Å². The van der Waals surface area contributed by atoms with E-state index >= 15 is 0 Å². The van der Waals surface area contributed by atoms with E-state index in [0.29, 0.717) is 29.5 Å². The summed E-state index contributed by atoms with van der Waals surface area (Å²) in [4.78, 5) is 14.1. The summed E-state index contributed by atoms with van der Waals surface area (Å²) in [6.07, 6.45) is -1.14. The number of nitrogens with zero attached hydrogens (tertiary/aromatic N) is 1. The first-order valence-corrected chi connectivity index (χ1v) is 9.62. The van der Waals surface area contributed by atoms with Crippen molar-refractivity contribution in [2.24, 2.45) is 0 Å². The lowest BCUT2D eigenvalue weighted by molar-refractivity contribution is -0.137. The number of carbonyl (C=O) groups excluding carboxylic acids is 1. The van der Waals surface area contributed by atoms with E-state index in [0.717, 1.165) is 11.1 Å². The minimum atomic E-state index is -1.14. The molecule has 1 fully saturated rings. The van der Waals surface area contributed by atoms with Gasteiger partial charge in [-0.2, -0.15) is 0 Å². The summed E-state index contributed by atoms with van der Waals surface area (Å²) < 4.78 is 16.6. The van der Waals surface area contributed by atoms with Gasteiger partial charge in [-0.25, -0.2) is 0 Å². The Labute approximate surface area is 175 Å². The van der Waals surface area contributed by atoms with Gasteiger partial charge in [0.15, 0.2) is 6.10 Å². The molecule has 6 heteroatoms. The maximum absolute atomic E-state index is 12.5. The first-order chi connectivity index (χ1) is 14.6. The van der Waals surface area contributed by atoms with Gasteiger partial charge in [0, 0.05) is 17.3 Å². The summed E-state index contributed by atoms with van der Waals surface area (Å²) in [5.74, 6) is 1.54. The van der Waals surface area contributed by atoms with Gasteiger partial charge in [0.2, 0.25) is 0 Å². The minimum Gasteiger partial charge on any atom is -0.497 e. The molecule has 0 aromatic heterocycles. The van der Waals surface area contributed by atoms with Gasteiger partial charge in [-0.15, -0.1) is 0 Å². The van der Waals surface area contributed by atoms with Gasteiger partial charge >= 0.3 is 0 Å². The quantitative estimate of drug-likeness (QED) is 0.607. The highest BCUT2D eigenvalue weighted by atomic mass is 16.5. The molecule has 1 N–H and O–H groups in total. The van der Waals surface area contributed by atoms with E-state index in [4.69, 9.17) is 14.2 Å². The number of amides is 1. The Balaban J connectivity index is 1.65. The molecule has 3 aromatic carbocycles. The number of rotatable bonds is 7.